The van der Waals surface area contributed by atoms with Crippen LogP contribution >= 0.6 is 11.8 Å². The first kappa shape index (κ1) is 21.8. The summed E-state index contributed by atoms with van der Waals surface area (Å²) in [6.45, 7) is 4.11. The second-order valence-electron chi connectivity index (χ2n) is 8.05. The van der Waals surface area contributed by atoms with Crippen molar-refractivity contribution in [2.24, 2.45) is 10.4 Å². The van der Waals surface area contributed by atoms with Crippen LogP contribution in [0, 0.1) is 17.0 Å². The highest BCUT2D eigenvalue weighted by molar-refractivity contribution is 8.16. The molecule has 0 N–H and O–H groups in total. The molecular formula is C22H25F2N3O3S. The van der Waals surface area contributed by atoms with Crippen molar-refractivity contribution in [1.29, 1.82) is 0 Å². The number of carbonyl (C=O) groups is 2. The van der Waals surface area contributed by atoms with Crippen molar-refractivity contribution < 1.29 is 23.1 Å². The molecule has 0 saturated carbocycles. The predicted octanol–water partition coefficient (Wildman–Crippen LogP) is 3.33. The number of amides is 1. The summed E-state index contributed by atoms with van der Waals surface area (Å²) >= 11 is 1.52. The SMILES string of the molecule is CCOC(=O)C1(Cc2ccc(F)cc2F)CCCN(C(=O)CC2=CSC3=NCCN23)C1. The number of aliphatic imine (C=N–C) groups is 1. The minimum atomic E-state index is -1.05. The number of ether oxygens (including phenoxy) is 1. The summed E-state index contributed by atoms with van der Waals surface area (Å²) in [5.41, 5.74) is 0.112. The number of amidine groups is 1. The summed E-state index contributed by atoms with van der Waals surface area (Å²) in [7, 11) is 0. The molecule has 1 fully saturated rings. The lowest BCUT2D eigenvalue weighted by atomic mass is 9.74. The Balaban J connectivity index is 1.52. The lowest BCUT2D eigenvalue weighted by molar-refractivity contribution is -0.160. The minimum absolute atomic E-state index is 0.0587. The zero-order valence-electron chi connectivity index (χ0n) is 17.4. The van der Waals surface area contributed by atoms with E-state index in [1.807, 2.05) is 5.41 Å². The van der Waals surface area contributed by atoms with Gasteiger partial charge in [-0.2, -0.15) is 0 Å². The van der Waals surface area contributed by atoms with Crippen molar-refractivity contribution >= 4 is 28.8 Å². The third-order valence-electron chi connectivity index (χ3n) is 5.96. The Morgan fingerprint density at radius 3 is 2.90 bits per heavy atom. The van der Waals surface area contributed by atoms with E-state index in [1.54, 1.807) is 11.8 Å². The molecule has 3 aliphatic rings. The molecule has 1 amide bonds. The van der Waals surface area contributed by atoms with Gasteiger partial charge in [-0.05, 0) is 43.2 Å². The molecule has 0 aromatic heterocycles. The average Bonchev–Trinajstić information content (AvgIpc) is 3.36. The van der Waals surface area contributed by atoms with E-state index in [-0.39, 0.29) is 37.5 Å². The van der Waals surface area contributed by atoms with E-state index in [4.69, 9.17) is 4.74 Å². The molecule has 166 valence electrons. The van der Waals surface area contributed by atoms with Gasteiger partial charge in [0.2, 0.25) is 5.91 Å². The van der Waals surface area contributed by atoms with Crippen LogP contribution in [0.2, 0.25) is 0 Å². The Hall–Kier alpha value is -2.42. The summed E-state index contributed by atoms with van der Waals surface area (Å²) in [5.74, 6) is -1.88. The maximum absolute atomic E-state index is 14.4. The fourth-order valence-corrected chi connectivity index (χ4v) is 5.38. The fraction of sp³-hybridized carbons (Fsp3) is 0.500. The third kappa shape index (κ3) is 4.46. The molecule has 1 aromatic carbocycles. The molecule has 1 atom stereocenters. The highest BCUT2D eigenvalue weighted by atomic mass is 32.2. The molecule has 3 aliphatic heterocycles. The molecule has 1 unspecified atom stereocenters. The number of benzene rings is 1. The number of piperidine rings is 1. The van der Waals surface area contributed by atoms with Gasteiger partial charge in [-0.3, -0.25) is 14.6 Å². The smallest absolute Gasteiger partial charge is 0.314 e. The van der Waals surface area contributed by atoms with Crippen molar-refractivity contribution in [3.05, 3.63) is 46.5 Å². The number of hydrogen-bond acceptors (Lipinski definition) is 6. The zero-order valence-corrected chi connectivity index (χ0v) is 18.2. The Labute approximate surface area is 184 Å². The van der Waals surface area contributed by atoms with Crippen LogP contribution in [0.15, 0.2) is 34.3 Å². The largest absolute Gasteiger partial charge is 0.466 e. The van der Waals surface area contributed by atoms with Crippen LogP contribution in [0.1, 0.15) is 31.7 Å². The van der Waals surface area contributed by atoms with Crippen molar-refractivity contribution in [3.63, 3.8) is 0 Å². The van der Waals surface area contributed by atoms with E-state index >= 15 is 0 Å². The summed E-state index contributed by atoms with van der Waals surface area (Å²) in [5, 5.41) is 2.88. The van der Waals surface area contributed by atoms with Gasteiger partial charge in [0.05, 0.1) is 25.0 Å². The molecule has 0 aliphatic carbocycles. The monoisotopic (exact) mass is 449 g/mol. The van der Waals surface area contributed by atoms with Gasteiger partial charge >= 0.3 is 5.97 Å². The molecule has 1 saturated heterocycles. The standard InChI is InChI=1S/C22H25F2N3O3S/c1-2-30-20(29)22(12-15-4-5-16(23)10-18(15)24)6-3-8-26(14-22)19(28)11-17-13-31-21-25-7-9-27(17)21/h4-5,10,13H,2-3,6-9,11-12,14H2,1H3. The van der Waals surface area contributed by atoms with Crippen molar-refractivity contribution in [2.45, 2.75) is 32.6 Å². The minimum Gasteiger partial charge on any atom is -0.466 e. The maximum atomic E-state index is 14.4. The van der Waals surface area contributed by atoms with Gasteiger partial charge in [0, 0.05) is 31.4 Å². The summed E-state index contributed by atoms with van der Waals surface area (Å²) < 4.78 is 33.1. The summed E-state index contributed by atoms with van der Waals surface area (Å²) in [6, 6.07) is 3.36. The molecular weight excluding hydrogens is 424 g/mol. The Morgan fingerprint density at radius 2 is 2.13 bits per heavy atom. The van der Waals surface area contributed by atoms with E-state index in [0.29, 0.717) is 19.4 Å². The number of likely N-dealkylation sites (tertiary alicyclic amines) is 1. The van der Waals surface area contributed by atoms with Crippen LogP contribution in [0.5, 0.6) is 0 Å². The molecule has 0 radical (unpaired) electrons. The van der Waals surface area contributed by atoms with Gasteiger partial charge in [0.15, 0.2) is 5.17 Å². The highest BCUT2D eigenvalue weighted by Gasteiger charge is 2.45. The fourth-order valence-electron chi connectivity index (χ4n) is 4.42. The number of nitrogens with zero attached hydrogens (tertiary/aromatic N) is 3. The van der Waals surface area contributed by atoms with E-state index < -0.39 is 23.0 Å². The molecule has 6 nitrogen and oxygen atoms in total. The van der Waals surface area contributed by atoms with Crippen LogP contribution in [-0.2, 0) is 20.7 Å². The van der Waals surface area contributed by atoms with Crippen LogP contribution in [0.4, 0.5) is 8.78 Å². The number of carbonyl (C=O) groups excluding carboxylic acids is 2. The van der Waals surface area contributed by atoms with Crippen LogP contribution in [0.3, 0.4) is 0 Å². The zero-order chi connectivity index (χ0) is 22.0. The summed E-state index contributed by atoms with van der Waals surface area (Å²) in [6.07, 6.45) is 1.38. The third-order valence-corrected chi connectivity index (χ3v) is 6.91. The lowest BCUT2D eigenvalue weighted by Gasteiger charge is -2.41. The number of rotatable bonds is 6. The van der Waals surface area contributed by atoms with Gasteiger partial charge in [-0.15, -0.1) is 0 Å². The van der Waals surface area contributed by atoms with Crippen molar-refractivity contribution in [2.75, 3.05) is 32.8 Å². The molecule has 4 rings (SSSR count). The Kier molecular flexibility index (Phi) is 6.31. The van der Waals surface area contributed by atoms with E-state index in [0.717, 1.165) is 30.0 Å². The first-order valence-electron chi connectivity index (χ1n) is 10.5. The molecule has 3 heterocycles. The highest BCUT2D eigenvalue weighted by Crippen LogP contribution is 2.37. The average molecular weight is 450 g/mol. The second-order valence-corrected chi connectivity index (χ2v) is 8.89. The molecule has 0 spiro atoms. The van der Waals surface area contributed by atoms with Gasteiger partial charge < -0.3 is 14.5 Å². The molecule has 1 aromatic rings. The molecule has 9 heteroatoms. The molecule has 31 heavy (non-hydrogen) atoms. The quantitative estimate of drug-likeness (QED) is 0.624. The van der Waals surface area contributed by atoms with Crippen LogP contribution in [-0.4, -0.2) is 59.6 Å². The van der Waals surface area contributed by atoms with Gasteiger partial charge in [0.1, 0.15) is 11.6 Å². The van der Waals surface area contributed by atoms with Crippen molar-refractivity contribution in [3.8, 4) is 0 Å². The van der Waals surface area contributed by atoms with E-state index in [1.165, 1.54) is 23.9 Å². The maximum Gasteiger partial charge on any atom is 0.314 e. The van der Waals surface area contributed by atoms with Crippen LogP contribution in [0.25, 0.3) is 0 Å². The number of halogens is 2. The number of fused-ring (bicyclic) bond motifs is 1. The van der Waals surface area contributed by atoms with Gasteiger partial charge in [0.25, 0.3) is 0 Å². The van der Waals surface area contributed by atoms with E-state index in [2.05, 4.69) is 9.89 Å². The predicted molar refractivity (Wildman–Crippen MR) is 114 cm³/mol. The Morgan fingerprint density at radius 1 is 1.29 bits per heavy atom. The van der Waals surface area contributed by atoms with E-state index in [9.17, 15) is 18.4 Å². The second kappa shape index (κ2) is 8.98. The normalized spacial score (nSPS) is 22.8. The van der Waals surface area contributed by atoms with Crippen molar-refractivity contribution in [1.82, 2.24) is 9.80 Å². The van der Waals surface area contributed by atoms with Gasteiger partial charge in [-0.1, -0.05) is 17.8 Å². The number of esters is 1. The first-order chi connectivity index (χ1) is 14.9. The summed E-state index contributed by atoms with van der Waals surface area (Å²) in [4.78, 5) is 34.2. The van der Waals surface area contributed by atoms with Gasteiger partial charge in [-0.25, -0.2) is 8.78 Å². The lowest BCUT2D eigenvalue weighted by Crippen LogP contribution is -2.52. The van der Waals surface area contributed by atoms with Crippen LogP contribution < -0.4 is 0 Å². The topological polar surface area (TPSA) is 62.2 Å². The number of thioether (sulfide) groups is 1. The molecule has 0 bridgehead atoms. The first-order valence-corrected chi connectivity index (χ1v) is 11.4. The Bertz CT molecular complexity index is 952. The number of hydrogen-bond donors (Lipinski definition) is 0.